The van der Waals surface area contributed by atoms with Gasteiger partial charge in [0.2, 0.25) is 0 Å². The van der Waals surface area contributed by atoms with Crippen molar-refractivity contribution >= 4 is 11.3 Å². The van der Waals surface area contributed by atoms with Gasteiger partial charge in [0.15, 0.2) is 0 Å². The molecule has 1 aliphatic carbocycles. The van der Waals surface area contributed by atoms with Crippen LogP contribution in [-0.4, -0.2) is 5.11 Å². The number of hydrogen-bond donors (Lipinski definition) is 1. The van der Waals surface area contributed by atoms with Gasteiger partial charge in [0.1, 0.15) is 0 Å². The Balaban J connectivity index is 2.40. The van der Waals surface area contributed by atoms with Gasteiger partial charge in [0.05, 0.1) is 5.60 Å². The Morgan fingerprint density at radius 1 is 1.38 bits per heavy atom. The first kappa shape index (κ1) is 9.22. The minimum absolute atomic E-state index is 0.0358. The van der Waals surface area contributed by atoms with Crippen LogP contribution in [0.25, 0.3) is 0 Å². The van der Waals surface area contributed by atoms with Crippen molar-refractivity contribution in [2.75, 3.05) is 0 Å². The molecule has 1 heterocycles. The second kappa shape index (κ2) is 2.82. The van der Waals surface area contributed by atoms with E-state index in [4.69, 9.17) is 0 Å². The van der Waals surface area contributed by atoms with Crippen molar-refractivity contribution < 1.29 is 5.11 Å². The standard InChI is InChI=1S/C11H16OS/c1-10(2)5-3-6-11(10,12)9-4-7-13-8-9/h4,7-8,12H,3,5-6H2,1-2H3. The monoisotopic (exact) mass is 196 g/mol. The predicted octanol–water partition coefficient (Wildman–Crippen LogP) is 3.15. The maximum atomic E-state index is 10.6. The average molecular weight is 196 g/mol. The first-order chi connectivity index (χ1) is 6.06. The molecule has 0 amide bonds. The van der Waals surface area contributed by atoms with Crippen LogP contribution in [0.5, 0.6) is 0 Å². The Kier molecular flexibility index (Phi) is 2.00. The van der Waals surface area contributed by atoms with E-state index in [1.54, 1.807) is 11.3 Å². The molecule has 1 atom stereocenters. The molecule has 1 aliphatic rings. The molecule has 0 aliphatic heterocycles. The van der Waals surface area contributed by atoms with Crippen LogP contribution in [0.3, 0.4) is 0 Å². The molecule has 0 saturated heterocycles. The summed E-state index contributed by atoms with van der Waals surface area (Å²) in [6.45, 7) is 4.33. The summed E-state index contributed by atoms with van der Waals surface area (Å²) in [5, 5.41) is 14.7. The molecule has 0 spiro atoms. The Hall–Kier alpha value is -0.340. The molecule has 0 aromatic carbocycles. The van der Waals surface area contributed by atoms with Gasteiger partial charge >= 0.3 is 0 Å². The van der Waals surface area contributed by atoms with Crippen molar-refractivity contribution in [1.82, 2.24) is 0 Å². The van der Waals surface area contributed by atoms with Crippen LogP contribution in [-0.2, 0) is 5.60 Å². The molecule has 1 unspecified atom stereocenters. The van der Waals surface area contributed by atoms with Gasteiger partial charge in [-0.2, -0.15) is 11.3 Å². The molecule has 1 aromatic rings. The summed E-state index contributed by atoms with van der Waals surface area (Å²) in [6.07, 6.45) is 3.18. The van der Waals surface area contributed by atoms with Crippen molar-refractivity contribution in [2.24, 2.45) is 5.41 Å². The molecule has 1 N–H and O–H groups in total. The maximum Gasteiger partial charge on any atom is 0.0955 e. The van der Waals surface area contributed by atoms with E-state index in [9.17, 15) is 5.11 Å². The lowest BCUT2D eigenvalue weighted by atomic mass is 9.74. The lowest BCUT2D eigenvalue weighted by molar-refractivity contribution is -0.0481. The number of thiophene rings is 1. The summed E-state index contributed by atoms with van der Waals surface area (Å²) in [5.41, 5.74) is 0.571. The number of aliphatic hydroxyl groups is 1. The largest absolute Gasteiger partial charge is 0.385 e. The molecule has 0 radical (unpaired) electrons. The third kappa shape index (κ3) is 1.24. The van der Waals surface area contributed by atoms with Gasteiger partial charge in [-0.15, -0.1) is 0 Å². The summed E-state index contributed by atoms with van der Waals surface area (Å²) in [5.74, 6) is 0. The minimum atomic E-state index is -0.576. The molecule has 1 fully saturated rings. The molecule has 0 bridgehead atoms. The third-order valence-corrected chi connectivity index (χ3v) is 4.14. The average Bonchev–Trinajstić information content (AvgIpc) is 2.61. The van der Waals surface area contributed by atoms with E-state index >= 15 is 0 Å². The zero-order valence-corrected chi connectivity index (χ0v) is 9.03. The Morgan fingerprint density at radius 2 is 2.15 bits per heavy atom. The SMILES string of the molecule is CC1(C)CCCC1(O)c1ccsc1. The van der Waals surface area contributed by atoms with E-state index < -0.39 is 5.60 Å². The Bertz CT molecular complexity index is 289. The van der Waals surface area contributed by atoms with Gasteiger partial charge in [0.25, 0.3) is 0 Å². The topological polar surface area (TPSA) is 20.2 Å². The summed E-state index contributed by atoms with van der Waals surface area (Å²) in [4.78, 5) is 0. The molecular formula is C11H16OS. The Morgan fingerprint density at radius 3 is 2.62 bits per heavy atom. The normalized spacial score (nSPS) is 32.2. The molecular weight excluding hydrogens is 180 g/mol. The van der Waals surface area contributed by atoms with Gasteiger partial charge in [-0.25, -0.2) is 0 Å². The second-order valence-corrected chi connectivity index (χ2v) is 5.39. The van der Waals surface area contributed by atoms with Gasteiger partial charge in [-0.05, 0) is 47.1 Å². The van der Waals surface area contributed by atoms with E-state index in [1.165, 1.54) is 0 Å². The lowest BCUT2D eigenvalue weighted by Gasteiger charge is -2.36. The molecule has 2 rings (SSSR count). The van der Waals surface area contributed by atoms with Crippen LogP contribution >= 0.6 is 11.3 Å². The molecule has 72 valence electrons. The highest BCUT2D eigenvalue weighted by Crippen LogP contribution is 2.52. The van der Waals surface area contributed by atoms with E-state index in [-0.39, 0.29) is 5.41 Å². The van der Waals surface area contributed by atoms with Crippen LogP contribution < -0.4 is 0 Å². The van der Waals surface area contributed by atoms with Crippen molar-refractivity contribution in [3.8, 4) is 0 Å². The first-order valence-corrected chi connectivity index (χ1v) is 5.76. The molecule has 2 heteroatoms. The summed E-state index contributed by atoms with van der Waals surface area (Å²) < 4.78 is 0. The number of hydrogen-bond acceptors (Lipinski definition) is 2. The van der Waals surface area contributed by atoms with Crippen molar-refractivity contribution in [3.05, 3.63) is 22.4 Å². The fourth-order valence-electron chi connectivity index (χ4n) is 2.37. The quantitative estimate of drug-likeness (QED) is 0.731. The summed E-state index contributed by atoms with van der Waals surface area (Å²) in [7, 11) is 0. The van der Waals surface area contributed by atoms with Gasteiger partial charge in [-0.1, -0.05) is 13.8 Å². The van der Waals surface area contributed by atoms with Crippen LogP contribution in [0.15, 0.2) is 16.8 Å². The molecule has 1 nitrogen and oxygen atoms in total. The summed E-state index contributed by atoms with van der Waals surface area (Å²) >= 11 is 1.67. The fraction of sp³-hybridized carbons (Fsp3) is 0.636. The van der Waals surface area contributed by atoms with Crippen molar-refractivity contribution in [3.63, 3.8) is 0 Å². The maximum absolute atomic E-state index is 10.6. The van der Waals surface area contributed by atoms with Gasteiger partial charge < -0.3 is 5.11 Å². The summed E-state index contributed by atoms with van der Waals surface area (Å²) in [6, 6.07) is 2.05. The van der Waals surface area contributed by atoms with Crippen LogP contribution in [0.1, 0.15) is 38.7 Å². The van der Waals surface area contributed by atoms with E-state index in [0.29, 0.717) is 0 Å². The second-order valence-electron chi connectivity index (χ2n) is 4.61. The highest BCUT2D eigenvalue weighted by Gasteiger charge is 2.48. The molecule has 1 saturated carbocycles. The van der Waals surface area contributed by atoms with Crippen molar-refractivity contribution in [2.45, 2.75) is 38.7 Å². The predicted molar refractivity (Wildman–Crippen MR) is 55.8 cm³/mol. The van der Waals surface area contributed by atoms with E-state index in [2.05, 4.69) is 25.3 Å². The highest BCUT2D eigenvalue weighted by molar-refractivity contribution is 7.08. The van der Waals surface area contributed by atoms with E-state index in [0.717, 1.165) is 24.8 Å². The van der Waals surface area contributed by atoms with Gasteiger partial charge in [0, 0.05) is 0 Å². The van der Waals surface area contributed by atoms with Crippen LogP contribution in [0, 0.1) is 5.41 Å². The highest BCUT2D eigenvalue weighted by atomic mass is 32.1. The Labute approximate surface area is 83.4 Å². The fourth-order valence-corrected chi connectivity index (χ4v) is 3.09. The minimum Gasteiger partial charge on any atom is -0.385 e. The first-order valence-electron chi connectivity index (χ1n) is 4.81. The molecule has 1 aromatic heterocycles. The third-order valence-electron chi connectivity index (χ3n) is 3.46. The zero-order chi connectivity index (χ0) is 9.53. The zero-order valence-electron chi connectivity index (χ0n) is 8.21. The van der Waals surface area contributed by atoms with Crippen LogP contribution in [0.4, 0.5) is 0 Å². The van der Waals surface area contributed by atoms with Crippen molar-refractivity contribution in [1.29, 1.82) is 0 Å². The van der Waals surface area contributed by atoms with Gasteiger partial charge in [-0.3, -0.25) is 0 Å². The van der Waals surface area contributed by atoms with Crippen LogP contribution in [0.2, 0.25) is 0 Å². The lowest BCUT2D eigenvalue weighted by Crippen LogP contribution is -2.36. The number of rotatable bonds is 1. The molecule has 13 heavy (non-hydrogen) atoms. The smallest absolute Gasteiger partial charge is 0.0955 e. The van der Waals surface area contributed by atoms with E-state index in [1.807, 2.05) is 5.38 Å².